The SMILES string of the molecule is O=C(OCC(CO[N+](=O)[O-])OCCO[N+](=O)[O-])c1ccc(S)cc1. The van der Waals surface area contributed by atoms with Crippen molar-refractivity contribution in [3.05, 3.63) is 50.1 Å². The molecule has 1 atom stereocenters. The highest BCUT2D eigenvalue weighted by molar-refractivity contribution is 7.80. The van der Waals surface area contributed by atoms with Crippen molar-refractivity contribution >= 4 is 18.6 Å². The van der Waals surface area contributed by atoms with Gasteiger partial charge in [-0.25, -0.2) is 4.79 Å². The van der Waals surface area contributed by atoms with Gasteiger partial charge in [-0.1, -0.05) is 0 Å². The first-order valence-electron chi connectivity index (χ1n) is 6.51. The van der Waals surface area contributed by atoms with Gasteiger partial charge in [-0.15, -0.1) is 32.9 Å². The summed E-state index contributed by atoms with van der Waals surface area (Å²) in [7, 11) is 0. The molecule has 12 heteroatoms. The summed E-state index contributed by atoms with van der Waals surface area (Å²) in [6.45, 7) is -1.46. The first kappa shape index (κ1) is 19.4. The highest BCUT2D eigenvalue weighted by Gasteiger charge is 2.16. The lowest BCUT2D eigenvalue weighted by atomic mass is 10.2. The van der Waals surface area contributed by atoms with Crippen molar-refractivity contribution < 1.29 is 34.1 Å². The minimum Gasteiger partial charge on any atom is -0.459 e. The summed E-state index contributed by atoms with van der Waals surface area (Å²) >= 11 is 4.08. The van der Waals surface area contributed by atoms with E-state index in [2.05, 4.69) is 22.3 Å². The van der Waals surface area contributed by atoms with Gasteiger partial charge in [0.2, 0.25) is 0 Å². The van der Waals surface area contributed by atoms with Crippen LogP contribution >= 0.6 is 12.6 Å². The average molecular weight is 362 g/mol. The molecular weight excluding hydrogens is 348 g/mol. The molecule has 1 aromatic carbocycles. The van der Waals surface area contributed by atoms with Gasteiger partial charge in [0.15, 0.2) is 0 Å². The summed E-state index contributed by atoms with van der Waals surface area (Å²) in [5.41, 5.74) is 0.262. The molecule has 0 bridgehead atoms. The lowest BCUT2D eigenvalue weighted by Crippen LogP contribution is -2.30. The number of nitrogens with zero attached hydrogens (tertiary/aromatic N) is 2. The van der Waals surface area contributed by atoms with E-state index in [-0.39, 0.29) is 25.4 Å². The van der Waals surface area contributed by atoms with Crippen LogP contribution in [0.1, 0.15) is 10.4 Å². The predicted molar refractivity (Wildman–Crippen MR) is 79.6 cm³/mol. The van der Waals surface area contributed by atoms with Crippen molar-refractivity contribution in [1.82, 2.24) is 0 Å². The summed E-state index contributed by atoms with van der Waals surface area (Å²) in [5.74, 6) is -0.667. The Morgan fingerprint density at radius 2 is 1.67 bits per heavy atom. The van der Waals surface area contributed by atoms with Crippen molar-refractivity contribution in [2.75, 3.05) is 26.4 Å². The van der Waals surface area contributed by atoms with E-state index in [4.69, 9.17) is 9.47 Å². The third kappa shape index (κ3) is 8.14. The minimum atomic E-state index is -1.03. The van der Waals surface area contributed by atoms with Gasteiger partial charge in [-0.2, -0.15) is 0 Å². The van der Waals surface area contributed by atoms with E-state index < -0.39 is 28.9 Å². The Labute approximate surface area is 141 Å². The zero-order valence-electron chi connectivity index (χ0n) is 12.2. The number of carbonyl (C=O) groups is 1. The summed E-state index contributed by atoms with van der Waals surface area (Å²) < 4.78 is 10.1. The molecule has 11 nitrogen and oxygen atoms in total. The Kier molecular flexibility index (Phi) is 8.29. The number of thiol groups is 1. The maximum atomic E-state index is 11.8. The van der Waals surface area contributed by atoms with E-state index in [0.29, 0.717) is 4.90 Å². The van der Waals surface area contributed by atoms with Crippen LogP contribution in [0.15, 0.2) is 29.2 Å². The van der Waals surface area contributed by atoms with Crippen LogP contribution in [0.5, 0.6) is 0 Å². The van der Waals surface area contributed by atoms with Crippen molar-refractivity contribution in [1.29, 1.82) is 0 Å². The standard InChI is InChI=1S/C12H14N2O9S/c15-12(9-1-3-11(24)4-2-9)21-7-10(8-23-14(18)19)20-5-6-22-13(16)17/h1-4,10,24H,5-8H2. The molecule has 0 amide bonds. The minimum absolute atomic E-state index is 0.237. The molecule has 0 heterocycles. The van der Waals surface area contributed by atoms with Crippen LogP contribution in [0.25, 0.3) is 0 Å². The maximum Gasteiger partial charge on any atom is 0.338 e. The van der Waals surface area contributed by atoms with E-state index in [0.717, 1.165) is 0 Å². The van der Waals surface area contributed by atoms with Gasteiger partial charge in [0, 0.05) is 4.90 Å². The van der Waals surface area contributed by atoms with Gasteiger partial charge in [-0.05, 0) is 24.3 Å². The molecular formula is C12H14N2O9S. The van der Waals surface area contributed by atoms with Gasteiger partial charge in [-0.3, -0.25) is 0 Å². The van der Waals surface area contributed by atoms with E-state index >= 15 is 0 Å². The Balaban J connectivity index is 2.46. The van der Waals surface area contributed by atoms with Crippen LogP contribution < -0.4 is 0 Å². The molecule has 0 aliphatic heterocycles. The monoisotopic (exact) mass is 362 g/mol. The molecule has 0 spiro atoms. The lowest BCUT2D eigenvalue weighted by Gasteiger charge is -2.16. The molecule has 24 heavy (non-hydrogen) atoms. The second-order valence-electron chi connectivity index (χ2n) is 4.21. The van der Waals surface area contributed by atoms with Crippen molar-refractivity contribution in [2.45, 2.75) is 11.0 Å². The normalized spacial score (nSPS) is 11.4. The van der Waals surface area contributed by atoms with Gasteiger partial charge in [0.25, 0.3) is 10.2 Å². The van der Waals surface area contributed by atoms with Crippen molar-refractivity contribution in [3.63, 3.8) is 0 Å². The molecule has 1 unspecified atom stereocenters. The summed E-state index contributed by atoms with van der Waals surface area (Å²) in [5, 5.41) is 18.2. The first-order valence-corrected chi connectivity index (χ1v) is 6.95. The Morgan fingerprint density at radius 1 is 1.04 bits per heavy atom. The fourth-order valence-electron chi connectivity index (χ4n) is 1.46. The number of benzene rings is 1. The third-order valence-electron chi connectivity index (χ3n) is 2.50. The predicted octanol–water partition coefficient (Wildman–Crippen LogP) is 0.934. The van der Waals surface area contributed by atoms with E-state index in [1.54, 1.807) is 12.1 Å². The number of hydrogen-bond acceptors (Lipinski definition) is 10. The van der Waals surface area contributed by atoms with Crippen LogP contribution in [0, 0.1) is 20.2 Å². The Morgan fingerprint density at radius 3 is 2.25 bits per heavy atom. The van der Waals surface area contributed by atoms with Crippen LogP contribution in [0.4, 0.5) is 0 Å². The largest absolute Gasteiger partial charge is 0.459 e. The first-order chi connectivity index (χ1) is 11.4. The molecule has 132 valence electrons. The maximum absolute atomic E-state index is 11.8. The summed E-state index contributed by atoms with van der Waals surface area (Å²) in [4.78, 5) is 40.9. The number of rotatable bonds is 11. The average Bonchev–Trinajstić information content (AvgIpc) is 2.53. The topological polar surface area (TPSA) is 140 Å². The fourth-order valence-corrected chi connectivity index (χ4v) is 1.61. The molecule has 1 rings (SSSR count). The zero-order chi connectivity index (χ0) is 17.9. The van der Waals surface area contributed by atoms with E-state index in [1.807, 2.05) is 0 Å². The fraction of sp³-hybridized carbons (Fsp3) is 0.417. The Bertz CT molecular complexity index is 566. The molecule has 0 N–H and O–H groups in total. The number of hydrogen-bond donors (Lipinski definition) is 1. The number of carbonyl (C=O) groups excluding carboxylic acids is 1. The van der Waals surface area contributed by atoms with Crippen LogP contribution in [-0.2, 0) is 19.1 Å². The molecule has 0 aliphatic carbocycles. The number of ether oxygens (including phenoxy) is 2. The zero-order valence-corrected chi connectivity index (χ0v) is 13.1. The summed E-state index contributed by atoms with van der Waals surface area (Å²) in [6, 6.07) is 6.19. The molecule has 0 saturated heterocycles. The van der Waals surface area contributed by atoms with Crippen molar-refractivity contribution in [3.8, 4) is 0 Å². The third-order valence-corrected chi connectivity index (χ3v) is 2.80. The highest BCUT2D eigenvalue weighted by Crippen LogP contribution is 2.09. The van der Waals surface area contributed by atoms with Gasteiger partial charge in [0.05, 0.1) is 12.2 Å². The second kappa shape index (κ2) is 10.2. The van der Waals surface area contributed by atoms with Crippen LogP contribution in [0.2, 0.25) is 0 Å². The quantitative estimate of drug-likeness (QED) is 0.200. The summed E-state index contributed by atoms with van der Waals surface area (Å²) in [6.07, 6.45) is -0.987. The second-order valence-corrected chi connectivity index (χ2v) is 4.73. The lowest BCUT2D eigenvalue weighted by molar-refractivity contribution is -0.760. The number of esters is 1. The molecule has 0 fully saturated rings. The highest BCUT2D eigenvalue weighted by atomic mass is 32.1. The molecule has 0 radical (unpaired) electrons. The molecule has 0 aromatic heterocycles. The van der Waals surface area contributed by atoms with E-state index in [9.17, 15) is 25.0 Å². The molecule has 0 aliphatic rings. The van der Waals surface area contributed by atoms with Crippen molar-refractivity contribution in [2.24, 2.45) is 0 Å². The van der Waals surface area contributed by atoms with Crippen LogP contribution in [0.3, 0.4) is 0 Å². The van der Waals surface area contributed by atoms with Crippen LogP contribution in [-0.4, -0.2) is 48.7 Å². The van der Waals surface area contributed by atoms with E-state index in [1.165, 1.54) is 12.1 Å². The molecule has 0 saturated carbocycles. The van der Waals surface area contributed by atoms with Gasteiger partial charge in [0.1, 0.15) is 25.9 Å². The van der Waals surface area contributed by atoms with Gasteiger partial charge < -0.3 is 19.1 Å². The molecule has 1 aromatic rings. The van der Waals surface area contributed by atoms with Gasteiger partial charge >= 0.3 is 5.97 Å². The Hall–Kier alpha value is -2.60. The smallest absolute Gasteiger partial charge is 0.338 e.